The van der Waals surface area contributed by atoms with Crippen molar-refractivity contribution < 1.29 is 4.42 Å². The molecular formula is C23H26N2O. The maximum Gasteiger partial charge on any atom is 0.133 e. The number of aromatic nitrogens is 1. The smallest absolute Gasteiger partial charge is 0.133 e. The maximum atomic E-state index is 5.63. The van der Waals surface area contributed by atoms with E-state index in [1.165, 1.54) is 55.2 Å². The van der Waals surface area contributed by atoms with E-state index in [2.05, 4.69) is 41.1 Å². The molecular weight excluding hydrogens is 320 g/mol. The number of H-pyrrole nitrogens is 1. The van der Waals surface area contributed by atoms with E-state index in [-0.39, 0.29) is 0 Å². The van der Waals surface area contributed by atoms with E-state index in [4.69, 9.17) is 4.42 Å². The monoisotopic (exact) mass is 346 g/mol. The highest BCUT2D eigenvalue weighted by atomic mass is 16.3. The first-order valence-corrected chi connectivity index (χ1v) is 10.2. The molecule has 3 aromatic rings. The van der Waals surface area contributed by atoms with Crippen LogP contribution in [-0.4, -0.2) is 29.0 Å². The first kappa shape index (κ1) is 15.1. The van der Waals surface area contributed by atoms with Crippen LogP contribution < -0.4 is 0 Å². The SMILES string of the molecule is CC[C@H]1C[C@H]2C[C@H]3c4[nH]c5ccc(-c6ccco6)cc5c4CCN(C2)C13. The second kappa shape index (κ2) is 5.50. The molecule has 0 spiro atoms. The zero-order valence-corrected chi connectivity index (χ0v) is 15.4. The largest absolute Gasteiger partial charge is 0.464 e. The average molecular weight is 346 g/mol. The topological polar surface area (TPSA) is 32.2 Å². The maximum absolute atomic E-state index is 5.63. The number of furan rings is 1. The van der Waals surface area contributed by atoms with E-state index in [9.17, 15) is 0 Å². The molecule has 2 saturated heterocycles. The third kappa shape index (κ3) is 2.04. The van der Waals surface area contributed by atoms with Gasteiger partial charge in [-0.3, -0.25) is 4.90 Å². The van der Waals surface area contributed by atoms with Crippen LogP contribution in [0.25, 0.3) is 22.2 Å². The van der Waals surface area contributed by atoms with Crippen LogP contribution in [0.15, 0.2) is 41.0 Å². The first-order chi connectivity index (χ1) is 12.8. The van der Waals surface area contributed by atoms with Gasteiger partial charge in [0.05, 0.1) is 6.26 Å². The molecule has 0 amide bonds. The molecule has 4 bridgehead atoms. The summed E-state index contributed by atoms with van der Waals surface area (Å²) in [6, 6.07) is 11.5. The van der Waals surface area contributed by atoms with Crippen LogP contribution in [0.4, 0.5) is 0 Å². The van der Waals surface area contributed by atoms with Gasteiger partial charge in [0, 0.05) is 47.2 Å². The molecule has 26 heavy (non-hydrogen) atoms. The molecule has 1 saturated carbocycles. The van der Waals surface area contributed by atoms with E-state index < -0.39 is 0 Å². The Labute approximate surface area is 154 Å². The van der Waals surface area contributed by atoms with Crippen molar-refractivity contribution in [2.75, 3.05) is 13.1 Å². The summed E-state index contributed by atoms with van der Waals surface area (Å²) < 4.78 is 5.63. The fraction of sp³-hybridized carbons (Fsp3) is 0.478. The number of hydrogen-bond donors (Lipinski definition) is 1. The van der Waals surface area contributed by atoms with E-state index in [0.29, 0.717) is 5.92 Å². The Balaban J connectivity index is 1.50. The lowest BCUT2D eigenvalue weighted by atomic mass is 9.65. The standard InChI is InChI=1S/C23H26N2O/c1-2-15-10-14-11-19-22-17(7-8-25(13-14)23(15)19)18-12-16(5-6-20(18)24-22)21-4-3-9-26-21/h3-6,9,12,14-15,19,23-24H,2,7-8,10-11,13H2,1H3/t14-,15-,19-,23?/m0/s1. The summed E-state index contributed by atoms with van der Waals surface area (Å²) >= 11 is 0. The lowest BCUT2D eigenvalue weighted by Gasteiger charge is -2.53. The van der Waals surface area contributed by atoms with Crippen molar-refractivity contribution in [3.63, 3.8) is 0 Å². The normalized spacial score (nSPS) is 32.6. The minimum Gasteiger partial charge on any atom is -0.464 e. The molecule has 1 aliphatic carbocycles. The number of benzene rings is 1. The number of rotatable bonds is 2. The fourth-order valence-corrected chi connectivity index (χ4v) is 6.29. The molecule has 3 fully saturated rings. The zero-order valence-electron chi connectivity index (χ0n) is 15.4. The summed E-state index contributed by atoms with van der Waals surface area (Å²) in [6.45, 7) is 4.94. The minimum absolute atomic E-state index is 0.699. The number of nitrogens with one attached hydrogen (secondary N) is 1. The molecule has 5 atom stereocenters. The molecule has 3 nitrogen and oxygen atoms in total. The van der Waals surface area contributed by atoms with Gasteiger partial charge in [-0.25, -0.2) is 0 Å². The van der Waals surface area contributed by atoms with Crippen LogP contribution in [0.1, 0.15) is 43.4 Å². The summed E-state index contributed by atoms with van der Waals surface area (Å²) in [6.07, 6.45) is 7.09. The van der Waals surface area contributed by atoms with Crippen LogP contribution in [0.3, 0.4) is 0 Å². The molecule has 1 N–H and O–H groups in total. The third-order valence-electron chi connectivity index (χ3n) is 7.32. The summed E-state index contributed by atoms with van der Waals surface area (Å²) in [7, 11) is 0. The van der Waals surface area contributed by atoms with E-state index >= 15 is 0 Å². The van der Waals surface area contributed by atoms with Gasteiger partial charge in [-0.05, 0) is 67.0 Å². The predicted octanol–water partition coefficient (Wildman–Crippen LogP) is 5.19. The Morgan fingerprint density at radius 1 is 1.23 bits per heavy atom. The summed E-state index contributed by atoms with van der Waals surface area (Å²) in [5.74, 6) is 3.43. The first-order valence-electron chi connectivity index (χ1n) is 10.2. The molecule has 3 heteroatoms. The number of aromatic amines is 1. The zero-order chi connectivity index (χ0) is 17.3. The van der Waals surface area contributed by atoms with Crippen molar-refractivity contribution in [2.45, 2.75) is 44.6 Å². The molecule has 7 rings (SSSR count). The van der Waals surface area contributed by atoms with Crippen LogP contribution in [0, 0.1) is 11.8 Å². The molecule has 1 aromatic carbocycles. The summed E-state index contributed by atoms with van der Waals surface area (Å²) in [5.41, 5.74) is 5.60. The van der Waals surface area contributed by atoms with Gasteiger partial charge in [-0.2, -0.15) is 0 Å². The van der Waals surface area contributed by atoms with Crippen molar-refractivity contribution in [2.24, 2.45) is 11.8 Å². The Hall–Kier alpha value is -2.00. The van der Waals surface area contributed by atoms with Gasteiger partial charge in [-0.15, -0.1) is 0 Å². The minimum atomic E-state index is 0.699. The molecule has 5 heterocycles. The molecule has 4 aliphatic rings. The lowest BCUT2D eigenvalue weighted by Crippen LogP contribution is -2.56. The van der Waals surface area contributed by atoms with Crippen molar-refractivity contribution in [1.82, 2.24) is 9.88 Å². The predicted molar refractivity (Wildman–Crippen MR) is 104 cm³/mol. The molecule has 0 radical (unpaired) electrons. The Morgan fingerprint density at radius 3 is 3.04 bits per heavy atom. The number of hydrogen-bond acceptors (Lipinski definition) is 2. The van der Waals surface area contributed by atoms with Crippen molar-refractivity contribution in [3.05, 3.63) is 47.9 Å². The van der Waals surface area contributed by atoms with Gasteiger partial charge >= 0.3 is 0 Å². The quantitative estimate of drug-likeness (QED) is 0.693. The fourth-order valence-electron chi connectivity index (χ4n) is 6.29. The van der Waals surface area contributed by atoms with Gasteiger partial charge < -0.3 is 9.40 Å². The highest BCUT2D eigenvalue weighted by Gasteiger charge is 2.48. The van der Waals surface area contributed by atoms with E-state index in [0.717, 1.165) is 23.6 Å². The second-order valence-corrected chi connectivity index (χ2v) is 8.60. The number of fused-ring (bicyclic) bond motifs is 4. The van der Waals surface area contributed by atoms with Crippen LogP contribution in [0.5, 0.6) is 0 Å². The number of piperidine rings is 2. The Bertz CT molecular complexity index is 954. The second-order valence-electron chi connectivity index (χ2n) is 8.60. The van der Waals surface area contributed by atoms with Gasteiger partial charge in [0.25, 0.3) is 0 Å². The molecule has 2 unspecified atom stereocenters. The van der Waals surface area contributed by atoms with Gasteiger partial charge in [0.15, 0.2) is 0 Å². The van der Waals surface area contributed by atoms with Gasteiger partial charge in [0.2, 0.25) is 0 Å². The Kier molecular flexibility index (Phi) is 3.19. The molecule has 2 aromatic heterocycles. The van der Waals surface area contributed by atoms with Crippen LogP contribution in [0.2, 0.25) is 0 Å². The van der Waals surface area contributed by atoms with Gasteiger partial charge in [-0.1, -0.05) is 13.3 Å². The van der Waals surface area contributed by atoms with Crippen molar-refractivity contribution >= 4 is 10.9 Å². The molecule has 134 valence electrons. The summed E-state index contributed by atoms with van der Waals surface area (Å²) in [4.78, 5) is 6.68. The highest BCUT2D eigenvalue weighted by molar-refractivity contribution is 5.89. The van der Waals surface area contributed by atoms with E-state index in [1.807, 2.05) is 6.07 Å². The lowest BCUT2D eigenvalue weighted by molar-refractivity contribution is -0.0134. The highest BCUT2D eigenvalue weighted by Crippen LogP contribution is 2.51. The molecule has 3 aliphatic heterocycles. The van der Waals surface area contributed by atoms with Crippen molar-refractivity contribution in [1.29, 1.82) is 0 Å². The van der Waals surface area contributed by atoms with Crippen molar-refractivity contribution in [3.8, 4) is 11.3 Å². The average Bonchev–Trinajstić information content (AvgIpc) is 3.31. The number of nitrogens with zero attached hydrogens (tertiary/aromatic N) is 1. The van der Waals surface area contributed by atoms with E-state index in [1.54, 1.807) is 17.5 Å². The third-order valence-corrected chi connectivity index (χ3v) is 7.32. The van der Waals surface area contributed by atoms with Crippen LogP contribution in [-0.2, 0) is 6.42 Å². The summed E-state index contributed by atoms with van der Waals surface area (Å²) in [5, 5.41) is 1.41. The van der Waals surface area contributed by atoms with Crippen LogP contribution >= 0.6 is 0 Å². The van der Waals surface area contributed by atoms with Gasteiger partial charge in [0.1, 0.15) is 5.76 Å². The Morgan fingerprint density at radius 2 is 2.19 bits per heavy atom.